The largest absolute Gasteiger partial charge is 0.377 e. The third-order valence-electron chi connectivity index (χ3n) is 5.54. The van der Waals surface area contributed by atoms with Crippen molar-refractivity contribution in [2.45, 2.75) is 30.6 Å². The SMILES string of the molecule is CN(C)c1cccc2c(S(=O)(=O)OCCCCCCN(C(N)=NC#N)c3ccncc3)cccc12. The van der Waals surface area contributed by atoms with E-state index >= 15 is 0 Å². The van der Waals surface area contributed by atoms with Crippen molar-refractivity contribution in [3.05, 3.63) is 60.9 Å². The topological polar surface area (TPSA) is 125 Å². The van der Waals surface area contributed by atoms with Gasteiger partial charge in [0.15, 0.2) is 0 Å². The van der Waals surface area contributed by atoms with Crippen molar-refractivity contribution in [2.24, 2.45) is 10.7 Å². The van der Waals surface area contributed by atoms with Gasteiger partial charge in [-0.05, 0) is 37.1 Å². The zero-order valence-electron chi connectivity index (χ0n) is 20.0. The second kappa shape index (κ2) is 12.1. The molecule has 0 atom stereocenters. The molecule has 0 amide bonds. The highest BCUT2D eigenvalue weighted by Crippen LogP contribution is 2.31. The first-order chi connectivity index (χ1) is 16.8. The Hall–Kier alpha value is -3.68. The molecular formula is C25H30N6O3S. The van der Waals surface area contributed by atoms with E-state index in [1.807, 2.05) is 37.2 Å². The summed E-state index contributed by atoms with van der Waals surface area (Å²) in [4.78, 5) is 11.5. The first-order valence-corrected chi connectivity index (χ1v) is 12.7. The number of pyridine rings is 1. The summed E-state index contributed by atoms with van der Waals surface area (Å²) in [7, 11) is -0.0367. The van der Waals surface area contributed by atoms with E-state index in [9.17, 15) is 8.42 Å². The number of unbranched alkanes of at least 4 members (excludes halogenated alkanes) is 3. The number of hydrogen-bond donors (Lipinski definition) is 1. The highest BCUT2D eigenvalue weighted by Gasteiger charge is 2.19. The Morgan fingerprint density at radius 2 is 1.71 bits per heavy atom. The van der Waals surface area contributed by atoms with Crippen molar-refractivity contribution in [1.82, 2.24) is 4.98 Å². The Morgan fingerprint density at radius 1 is 1.03 bits per heavy atom. The minimum atomic E-state index is -3.88. The van der Waals surface area contributed by atoms with Crippen LogP contribution in [0.2, 0.25) is 0 Å². The molecule has 0 spiro atoms. The third kappa shape index (κ3) is 6.68. The predicted molar refractivity (Wildman–Crippen MR) is 139 cm³/mol. The molecule has 0 radical (unpaired) electrons. The van der Waals surface area contributed by atoms with Crippen LogP contribution in [0.25, 0.3) is 10.8 Å². The summed E-state index contributed by atoms with van der Waals surface area (Å²) in [5.74, 6) is 0.126. The minimum absolute atomic E-state index is 0.109. The molecule has 3 aromatic rings. The van der Waals surface area contributed by atoms with Crippen LogP contribution in [0.1, 0.15) is 25.7 Å². The lowest BCUT2D eigenvalue weighted by Gasteiger charge is -2.22. The second-order valence-corrected chi connectivity index (χ2v) is 9.72. The van der Waals surface area contributed by atoms with Crippen LogP contribution in [0.5, 0.6) is 0 Å². The average Bonchev–Trinajstić information content (AvgIpc) is 2.85. The number of fused-ring (bicyclic) bond motifs is 1. The lowest BCUT2D eigenvalue weighted by atomic mass is 10.1. The lowest BCUT2D eigenvalue weighted by molar-refractivity contribution is 0.307. The van der Waals surface area contributed by atoms with Crippen LogP contribution in [-0.2, 0) is 14.3 Å². The first kappa shape index (κ1) is 25.9. The van der Waals surface area contributed by atoms with Crippen molar-refractivity contribution in [2.75, 3.05) is 37.0 Å². The van der Waals surface area contributed by atoms with Crippen LogP contribution in [0.15, 0.2) is 70.8 Å². The van der Waals surface area contributed by atoms with E-state index < -0.39 is 10.1 Å². The minimum Gasteiger partial charge on any atom is -0.377 e. The quantitative estimate of drug-likeness (QED) is 0.140. The van der Waals surface area contributed by atoms with Gasteiger partial charge in [-0.15, -0.1) is 4.99 Å². The Bertz CT molecular complexity index is 1300. The van der Waals surface area contributed by atoms with Crippen LogP contribution in [0, 0.1) is 11.5 Å². The molecular weight excluding hydrogens is 464 g/mol. The van der Waals surface area contributed by atoms with E-state index in [0.717, 1.165) is 36.0 Å². The summed E-state index contributed by atoms with van der Waals surface area (Å²) < 4.78 is 31.2. The summed E-state index contributed by atoms with van der Waals surface area (Å²) in [5, 5.41) is 10.3. The molecule has 2 aromatic carbocycles. The van der Waals surface area contributed by atoms with Gasteiger partial charge in [0, 0.05) is 55.2 Å². The molecule has 10 heteroatoms. The molecule has 0 aliphatic rings. The number of hydrogen-bond acceptors (Lipinski definition) is 7. The molecule has 1 heterocycles. The van der Waals surface area contributed by atoms with Crippen LogP contribution in [-0.4, -0.2) is 46.6 Å². The van der Waals surface area contributed by atoms with Crippen molar-refractivity contribution in [3.63, 3.8) is 0 Å². The van der Waals surface area contributed by atoms with E-state index in [0.29, 0.717) is 18.4 Å². The molecule has 9 nitrogen and oxygen atoms in total. The maximum Gasteiger partial charge on any atom is 0.297 e. The Balaban J connectivity index is 1.53. The summed E-state index contributed by atoms with van der Waals surface area (Å²) >= 11 is 0. The number of aliphatic imine (C=N–C) groups is 1. The van der Waals surface area contributed by atoms with Crippen molar-refractivity contribution in [3.8, 4) is 6.19 Å². The fraction of sp³-hybridized carbons (Fsp3) is 0.320. The monoisotopic (exact) mass is 494 g/mol. The molecule has 35 heavy (non-hydrogen) atoms. The predicted octanol–water partition coefficient (Wildman–Crippen LogP) is 3.87. The first-order valence-electron chi connectivity index (χ1n) is 11.3. The van der Waals surface area contributed by atoms with Gasteiger partial charge in [0.2, 0.25) is 12.2 Å². The number of benzene rings is 2. The van der Waals surface area contributed by atoms with E-state index in [1.54, 1.807) is 53.8 Å². The number of aromatic nitrogens is 1. The molecule has 0 aliphatic heterocycles. The maximum atomic E-state index is 12.9. The average molecular weight is 495 g/mol. The Labute approximate surface area is 206 Å². The summed E-state index contributed by atoms with van der Waals surface area (Å²) in [5.41, 5.74) is 7.68. The highest BCUT2D eigenvalue weighted by molar-refractivity contribution is 7.87. The standard InChI is InChI=1S/C25H30N6O3S/c1-30(2)23-11-7-10-22-21(23)9-8-12-24(22)35(32,33)34-18-6-4-3-5-17-31(25(27)29-19-26)20-13-15-28-16-14-20/h7-16H,3-6,17-18H2,1-2H3,(H2,27,29). The van der Waals surface area contributed by atoms with Gasteiger partial charge in [-0.25, -0.2) is 0 Å². The number of guanidine groups is 1. The van der Waals surface area contributed by atoms with Gasteiger partial charge < -0.3 is 15.5 Å². The van der Waals surface area contributed by atoms with E-state index in [1.165, 1.54) is 0 Å². The van der Waals surface area contributed by atoms with Crippen LogP contribution in [0.4, 0.5) is 11.4 Å². The molecule has 0 aliphatic carbocycles. The van der Waals surface area contributed by atoms with Gasteiger partial charge in [0.1, 0.15) is 4.90 Å². The summed E-state index contributed by atoms with van der Waals surface area (Å²) in [6.45, 7) is 0.683. The van der Waals surface area contributed by atoms with Gasteiger partial charge in [0.25, 0.3) is 10.1 Å². The van der Waals surface area contributed by atoms with Gasteiger partial charge >= 0.3 is 0 Å². The van der Waals surface area contributed by atoms with Crippen molar-refractivity contribution < 1.29 is 12.6 Å². The normalized spacial score (nSPS) is 11.9. The number of nitrogens with zero attached hydrogens (tertiary/aromatic N) is 5. The zero-order valence-corrected chi connectivity index (χ0v) is 20.8. The summed E-state index contributed by atoms with van der Waals surface area (Å²) in [6.07, 6.45) is 8.02. The fourth-order valence-corrected chi connectivity index (χ4v) is 5.00. The molecule has 0 saturated carbocycles. The molecule has 2 N–H and O–H groups in total. The highest BCUT2D eigenvalue weighted by atomic mass is 32.2. The fourth-order valence-electron chi connectivity index (χ4n) is 3.84. The maximum absolute atomic E-state index is 12.9. The molecule has 0 saturated heterocycles. The van der Waals surface area contributed by atoms with Crippen LogP contribution in [0.3, 0.4) is 0 Å². The van der Waals surface area contributed by atoms with Crippen LogP contribution >= 0.6 is 0 Å². The van der Waals surface area contributed by atoms with Crippen LogP contribution < -0.4 is 15.5 Å². The lowest BCUT2D eigenvalue weighted by Crippen LogP contribution is -2.38. The summed E-state index contributed by atoms with van der Waals surface area (Å²) in [6, 6.07) is 14.4. The van der Waals surface area contributed by atoms with Gasteiger partial charge in [-0.2, -0.15) is 13.7 Å². The number of anilines is 2. The number of nitriles is 1. The van der Waals surface area contributed by atoms with Crippen molar-refractivity contribution in [1.29, 1.82) is 5.26 Å². The second-order valence-electron chi connectivity index (χ2n) is 8.14. The van der Waals surface area contributed by atoms with E-state index in [-0.39, 0.29) is 17.5 Å². The smallest absolute Gasteiger partial charge is 0.297 e. The van der Waals surface area contributed by atoms with E-state index in [4.69, 9.17) is 15.2 Å². The molecule has 0 fully saturated rings. The Morgan fingerprint density at radius 3 is 2.43 bits per heavy atom. The molecule has 0 unspecified atom stereocenters. The van der Waals surface area contributed by atoms with Gasteiger partial charge in [0.05, 0.1) is 6.61 Å². The van der Waals surface area contributed by atoms with Gasteiger partial charge in [-0.3, -0.25) is 9.17 Å². The molecule has 1 aromatic heterocycles. The van der Waals surface area contributed by atoms with Gasteiger partial charge in [-0.1, -0.05) is 37.1 Å². The van der Waals surface area contributed by atoms with Crippen molar-refractivity contribution >= 4 is 38.2 Å². The third-order valence-corrected chi connectivity index (χ3v) is 6.91. The zero-order chi connectivity index (χ0) is 25.3. The molecule has 184 valence electrons. The van der Waals surface area contributed by atoms with E-state index in [2.05, 4.69) is 9.98 Å². The molecule has 3 rings (SSSR count). The molecule has 0 bridgehead atoms. The number of nitrogens with two attached hydrogens (primary N) is 1. The Kier molecular flexibility index (Phi) is 9.00. The number of rotatable bonds is 11.